The third kappa shape index (κ3) is 3.91. The molecule has 0 aromatic rings. The Morgan fingerprint density at radius 2 is 2.18 bits per heavy atom. The van der Waals surface area contributed by atoms with E-state index in [4.69, 9.17) is 5.53 Å². The van der Waals surface area contributed by atoms with E-state index >= 15 is 0 Å². The number of hydrogen-bond donors (Lipinski definition) is 1. The Bertz CT molecular complexity index is 247. The van der Waals surface area contributed by atoms with Crippen LogP contribution in [0.5, 0.6) is 0 Å². The van der Waals surface area contributed by atoms with Gasteiger partial charge in [0.1, 0.15) is 5.82 Å². The Morgan fingerprint density at radius 1 is 1.36 bits per heavy atom. The van der Waals surface area contributed by atoms with Crippen molar-refractivity contribution in [1.82, 2.24) is 5.32 Å². The van der Waals surface area contributed by atoms with E-state index in [0.717, 1.165) is 0 Å². The summed E-state index contributed by atoms with van der Waals surface area (Å²) in [5.41, 5.74) is 8.04. The Morgan fingerprint density at radius 3 is 2.91 bits per heavy atom. The number of allylic oxidation sites excluding steroid dienone is 4. The van der Waals surface area contributed by atoms with E-state index < -0.39 is 0 Å². The normalized spacial score (nSPS) is 13.3. The van der Waals surface area contributed by atoms with Crippen LogP contribution >= 0.6 is 0 Å². The molecule has 0 saturated carbocycles. The maximum atomic E-state index is 8.04. The fourth-order valence-corrected chi connectivity index (χ4v) is 0.558. The third-order valence-electron chi connectivity index (χ3n) is 0.956. The van der Waals surface area contributed by atoms with Gasteiger partial charge in [-0.2, -0.15) is 0 Å². The van der Waals surface area contributed by atoms with Crippen molar-refractivity contribution >= 4 is 29.6 Å². The first-order valence-electron chi connectivity index (χ1n) is 2.78. The molecule has 0 spiro atoms. The molecule has 0 aromatic carbocycles. The van der Waals surface area contributed by atoms with E-state index in [1.807, 2.05) is 12.2 Å². The molecule has 0 aliphatic carbocycles. The maximum absolute atomic E-state index is 8.04. The molecule has 1 rings (SSSR count). The van der Waals surface area contributed by atoms with Crippen LogP contribution in [0.1, 0.15) is 0 Å². The quantitative estimate of drug-likeness (QED) is 0.264. The van der Waals surface area contributed by atoms with Gasteiger partial charge >= 0.3 is 29.6 Å². The summed E-state index contributed by atoms with van der Waals surface area (Å²) < 4.78 is 0. The van der Waals surface area contributed by atoms with Crippen LogP contribution in [0.2, 0.25) is 0 Å². The first-order chi connectivity index (χ1) is 4.93. The zero-order valence-corrected chi connectivity index (χ0v) is 5.23. The van der Waals surface area contributed by atoms with Gasteiger partial charge in [0, 0.05) is 11.1 Å². The van der Waals surface area contributed by atoms with Gasteiger partial charge in [0.2, 0.25) is 0 Å². The zero-order valence-electron chi connectivity index (χ0n) is 5.23. The van der Waals surface area contributed by atoms with Crippen molar-refractivity contribution in [2.45, 2.75) is 0 Å². The predicted molar refractivity (Wildman–Crippen MR) is 45.8 cm³/mol. The summed E-state index contributed by atoms with van der Waals surface area (Å²) in [5, 5.41) is 6.15. The van der Waals surface area contributed by atoms with Crippen LogP contribution in [0.3, 0.4) is 0 Å². The van der Waals surface area contributed by atoms with Crippen molar-refractivity contribution < 1.29 is 0 Å². The van der Waals surface area contributed by atoms with Crippen molar-refractivity contribution in [2.24, 2.45) is 5.11 Å². The summed E-state index contributed by atoms with van der Waals surface area (Å²) in [7, 11) is 0. The summed E-state index contributed by atoms with van der Waals surface area (Å²) in [6.07, 6.45) is 8.84. The molecule has 0 radical (unpaired) electrons. The number of hydrogen-bond acceptors (Lipinski definition) is 2. The molecule has 0 fully saturated rings. The molecule has 0 aromatic heterocycles. The van der Waals surface area contributed by atoms with Crippen molar-refractivity contribution in [3.05, 3.63) is 46.8 Å². The van der Waals surface area contributed by atoms with E-state index in [-0.39, 0.29) is 29.6 Å². The molecule has 0 bridgehead atoms. The summed E-state index contributed by atoms with van der Waals surface area (Å²) in [5.74, 6) is 0.507. The average Bonchev–Trinajstić information content (AvgIpc) is 2.17. The van der Waals surface area contributed by atoms with Crippen LogP contribution in [0.4, 0.5) is 0 Å². The van der Waals surface area contributed by atoms with Gasteiger partial charge in [0.25, 0.3) is 0 Å². The van der Waals surface area contributed by atoms with Crippen LogP contribution in [-0.2, 0) is 0 Å². The van der Waals surface area contributed by atoms with E-state index in [9.17, 15) is 0 Å². The summed E-state index contributed by atoms with van der Waals surface area (Å²) >= 11 is 0. The molecular weight excluding hydrogens is 151 g/mol. The molecule has 1 heterocycles. The minimum absolute atomic E-state index is 0. The number of rotatable bonds is 1. The average molecular weight is 158 g/mol. The molecule has 0 amide bonds. The molecule has 0 saturated heterocycles. The molecule has 0 unspecified atom stereocenters. The van der Waals surface area contributed by atoms with Gasteiger partial charge in [-0.3, -0.25) is 0 Å². The van der Waals surface area contributed by atoms with Crippen molar-refractivity contribution in [3.8, 4) is 0 Å². The molecule has 1 aliphatic rings. The van der Waals surface area contributed by atoms with Crippen LogP contribution in [0.25, 0.3) is 10.4 Å². The fraction of sp³-hybridized carbons (Fsp3) is 0. The number of azide groups is 1. The van der Waals surface area contributed by atoms with Gasteiger partial charge in [0.15, 0.2) is 0 Å². The van der Waals surface area contributed by atoms with Gasteiger partial charge < -0.3 is 5.32 Å². The van der Waals surface area contributed by atoms with Crippen LogP contribution in [0, 0.1) is 0 Å². The molecule has 4 nitrogen and oxygen atoms in total. The van der Waals surface area contributed by atoms with Crippen molar-refractivity contribution in [2.75, 3.05) is 0 Å². The van der Waals surface area contributed by atoms with Gasteiger partial charge in [-0.15, -0.1) is 0 Å². The second kappa shape index (κ2) is 6.07. The molecule has 5 heteroatoms. The monoisotopic (exact) mass is 158 g/mol. The first-order valence-corrected chi connectivity index (χ1v) is 2.78. The van der Waals surface area contributed by atoms with Crippen molar-refractivity contribution in [3.63, 3.8) is 0 Å². The van der Waals surface area contributed by atoms with Gasteiger partial charge in [-0.05, 0) is 22.8 Å². The van der Waals surface area contributed by atoms with Crippen LogP contribution in [0.15, 0.2) is 41.4 Å². The van der Waals surface area contributed by atoms with E-state index in [1.54, 1.807) is 18.4 Å². The second-order valence-electron chi connectivity index (χ2n) is 1.63. The Balaban J connectivity index is 0.000001000. The minimum atomic E-state index is 0. The summed E-state index contributed by atoms with van der Waals surface area (Å²) in [6, 6.07) is 0. The van der Waals surface area contributed by atoms with Gasteiger partial charge in [0.05, 0.1) is 0 Å². The van der Waals surface area contributed by atoms with E-state index in [0.29, 0.717) is 5.82 Å². The molecule has 0 atom stereocenters. The van der Waals surface area contributed by atoms with Gasteiger partial charge in [-0.1, -0.05) is 12.2 Å². The summed E-state index contributed by atoms with van der Waals surface area (Å²) in [6.45, 7) is 0. The standard InChI is InChI=1S/C6H6N4.Na.H/c7-10-9-6-4-2-1-3-5-8-6;;/h1-5,8H;;. The SMILES string of the molecule is [N-]=[N+]=NC1=CC=CC=CN1.[NaH]. The summed E-state index contributed by atoms with van der Waals surface area (Å²) in [4.78, 5) is 2.63. The van der Waals surface area contributed by atoms with E-state index in [1.165, 1.54) is 0 Å². The van der Waals surface area contributed by atoms with E-state index in [2.05, 4.69) is 15.3 Å². The van der Waals surface area contributed by atoms with Gasteiger partial charge in [-0.25, -0.2) is 0 Å². The predicted octanol–water partition coefficient (Wildman–Crippen LogP) is 1.16. The second-order valence-corrected chi connectivity index (χ2v) is 1.63. The fourth-order valence-electron chi connectivity index (χ4n) is 0.558. The zero-order chi connectivity index (χ0) is 7.23. The Hall–Kier alpha value is -0.670. The Kier molecular flexibility index (Phi) is 5.70. The number of nitrogens with zero attached hydrogens (tertiary/aromatic N) is 3. The molecular formula is C6H7N4Na. The third-order valence-corrected chi connectivity index (χ3v) is 0.956. The topological polar surface area (TPSA) is 60.8 Å². The first kappa shape index (κ1) is 10.3. The molecule has 11 heavy (non-hydrogen) atoms. The van der Waals surface area contributed by atoms with Crippen LogP contribution < -0.4 is 5.32 Å². The molecule has 1 aliphatic heterocycles. The Labute approximate surface area is 86.6 Å². The van der Waals surface area contributed by atoms with Crippen LogP contribution in [-0.4, -0.2) is 29.6 Å². The molecule has 1 N–H and O–H groups in total. The number of nitrogens with one attached hydrogen (secondary N) is 1. The van der Waals surface area contributed by atoms with Crippen molar-refractivity contribution in [1.29, 1.82) is 0 Å². The molecule has 52 valence electrons.